The summed E-state index contributed by atoms with van der Waals surface area (Å²) in [5, 5.41) is 7.41. The molecule has 0 N–H and O–H groups in total. The van der Waals surface area contributed by atoms with Crippen LogP contribution in [-0.4, -0.2) is 9.13 Å². The van der Waals surface area contributed by atoms with Gasteiger partial charge in [0.05, 0.1) is 22.8 Å². The average molecular weight is 871 g/mol. The highest BCUT2D eigenvalue weighted by Crippen LogP contribution is 2.48. The quantitative estimate of drug-likeness (QED) is 0.135. The van der Waals surface area contributed by atoms with Gasteiger partial charge in [0.1, 0.15) is 0 Å². The van der Waals surface area contributed by atoms with Crippen LogP contribution in [0.5, 0.6) is 0 Å². The second kappa shape index (κ2) is 16.2. The van der Waals surface area contributed by atoms with E-state index in [-0.39, 0.29) is 0 Å². The predicted octanol–water partition coefficient (Wildman–Crippen LogP) is 17.9. The topological polar surface area (TPSA) is 9.86 Å². The van der Waals surface area contributed by atoms with Gasteiger partial charge < -0.3 is 9.13 Å². The Hall–Kier alpha value is -8.50. The normalized spacial score (nSPS) is 11.6. The molecular formula is C64H42N2S. The van der Waals surface area contributed by atoms with Gasteiger partial charge in [0, 0.05) is 31.5 Å². The van der Waals surface area contributed by atoms with Crippen molar-refractivity contribution in [1.82, 2.24) is 9.13 Å². The van der Waals surface area contributed by atoms with E-state index in [2.05, 4.69) is 264 Å². The summed E-state index contributed by atoms with van der Waals surface area (Å²) in [6, 6.07) is 93.4. The maximum atomic E-state index is 2.45. The largest absolute Gasteiger partial charge is 0.309 e. The lowest BCUT2D eigenvalue weighted by molar-refractivity contribution is 1.10. The Bertz CT molecular complexity index is 3820. The summed E-state index contributed by atoms with van der Waals surface area (Å²) in [6.07, 6.45) is 0. The predicted molar refractivity (Wildman–Crippen MR) is 286 cm³/mol. The number of benzene rings is 10. The molecule has 3 heterocycles. The lowest BCUT2D eigenvalue weighted by Gasteiger charge is -2.22. The summed E-state index contributed by atoms with van der Waals surface area (Å²) >= 11 is 1.87. The molecule has 314 valence electrons. The first-order chi connectivity index (χ1) is 33.2. The number of fused-ring (bicyclic) bond motifs is 5. The van der Waals surface area contributed by atoms with Gasteiger partial charge in [-0.25, -0.2) is 0 Å². The van der Waals surface area contributed by atoms with Gasteiger partial charge in [0.15, 0.2) is 0 Å². The molecule has 3 aromatic heterocycles. The van der Waals surface area contributed by atoms with Crippen LogP contribution in [0.1, 0.15) is 0 Å². The van der Waals surface area contributed by atoms with Crippen LogP contribution in [0.2, 0.25) is 0 Å². The van der Waals surface area contributed by atoms with Crippen molar-refractivity contribution in [1.29, 1.82) is 0 Å². The highest BCUT2D eigenvalue weighted by molar-refractivity contribution is 7.25. The van der Waals surface area contributed by atoms with Crippen molar-refractivity contribution in [2.45, 2.75) is 0 Å². The molecule has 0 aliphatic carbocycles. The van der Waals surface area contributed by atoms with Crippen LogP contribution >= 0.6 is 11.3 Å². The van der Waals surface area contributed by atoms with Gasteiger partial charge in [-0.1, -0.05) is 188 Å². The third-order valence-corrected chi connectivity index (χ3v) is 14.5. The Morgan fingerprint density at radius 3 is 1.04 bits per heavy atom. The average Bonchev–Trinajstić information content (AvgIpc) is 4.15. The van der Waals surface area contributed by atoms with Crippen LogP contribution in [0.25, 0.3) is 120 Å². The van der Waals surface area contributed by atoms with Crippen molar-refractivity contribution < 1.29 is 0 Å². The summed E-state index contributed by atoms with van der Waals surface area (Å²) in [4.78, 5) is 0. The second-order valence-electron chi connectivity index (χ2n) is 17.2. The molecule has 0 atom stereocenters. The van der Waals surface area contributed by atoms with Crippen molar-refractivity contribution in [2.75, 3.05) is 0 Å². The molecule has 0 saturated carbocycles. The molecule has 67 heavy (non-hydrogen) atoms. The molecule has 10 aromatic carbocycles. The van der Waals surface area contributed by atoms with E-state index >= 15 is 0 Å². The molecule has 0 unspecified atom stereocenters. The van der Waals surface area contributed by atoms with Crippen LogP contribution in [-0.2, 0) is 0 Å². The Kier molecular flexibility index (Phi) is 9.40. The first-order valence-corrected chi connectivity index (χ1v) is 23.7. The number of aromatic nitrogens is 2. The fraction of sp³-hybridized carbons (Fsp3) is 0. The van der Waals surface area contributed by atoms with Crippen molar-refractivity contribution in [2.24, 2.45) is 0 Å². The minimum atomic E-state index is 1.11. The number of hydrogen-bond acceptors (Lipinski definition) is 1. The van der Waals surface area contributed by atoms with Gasteiger partial charge in [-0.15, -0.1) is 11.3 Å². The third kappa shape index (κ3) is 6.63. The van der Waals surface area contributed by atoms with Crippen LogP contribution in [0.4, 0.5) is 0 Å². The molecule has 0 spiro atoms. The molecule has 0 radical (unpaired) electrons. The Labute approximate surface area is 393 Å². The lowest BCUT2D eigenvalue weighted by atomic mass is 9.85. The molecule has 2 nitrogen and oxygen atoms in total. The van der Waals surface area contributed by atoms with Crippen molar-refractivity contribution >= 4 is 53.1 Å². The summed E-state index contributed by atoms with van der Waals surface area (Å²) in [5.41, 5.74) is 16.3. The van der Waals surface area contributed by atoms with E-state index in [1.807, 2.05) is 11.3 Å². The number of thiophene rings is 1. The smallest absolute Gasteiger partial charge is 0.0535 e. The fourth-order valence-electron chi connectivity index (χ4n) is 10.4. The standard InChI is InChI=1S/C64H42N2S/c1-6-18-43(19-7-1)57-35-36-58(44-20-8-2-9-21-44)65(57)49-32-34-53-55(41-49)63(47-26-14-5-15-27-47)52-33-31-50(66-59(45-22-10-3-11-23-45)37-38-60(66)46-24-12-4-13-25-46)42-56(52)64(53)48-30-39-62-54(40-48)51-28-16-17-29-61(51)67-62/h1-42H. The highest BCUT2D eigenvalue weighted by atomic mass is 32.1. The highest BCUT2D eigenvalue weighted by Gasteiger charge is 2.22. The van der Waals surface area contributed by atoms with Crippen molar-refractivity contribution in [3.8, 4) is 78.7 Å². The molecule has 13 rings (SSSR count). The van der Waals surface area contributed by atoms with Crippen LogP contribution in [0, 0.1) is 0 Å². The van der Waals surface area contributed by atoms with Crippen LogP contribution in [0.15, 0.2) is 255 Å². The number of rotatable bonds is 8. The summed E-state index contributed by atoms with van der Waals surface area (Å²) in [6.45, 7) is 0. The van der Waals surface area contributed by atoms with E-state index in [0.717, 1.165) is 34.2 Å². The van der Waals surface area contributed by atoms with Gasteiger partial charge >= 0.3 is 0 Å². The van der Waals surface area contributed by atoms with E-state index in [1.54, 1.807) is 0 Å². The van der Waals surface area contributed by atoms with Gasteiger partial charge in [-0.05, 0) is 133 Å². The van der Waals surface area contributed by atoms with Crippen molar-refractivity contribution in [3.05, 3.63) is 255 Å². The van der Waals surface area contributed by atoms with Gasteiger partial charge in [0.2, 0.25) is 0 Å². The van der Waals surface area contributed by atoms with E-state index in [1.165, 1.54) is 86.2 Å². The molecule has 0 aliphatic heterocycles. The fourth-order valence-corrected chi connectivity index (χ4v) is 11.4. The molecule has 3 heteroatoms. The molecule has 0 amide bonds. The zero-order valence-electron chi connectivity index (χ0n) is 36.6. The third-order valence-electron chi connectivity index (χ3n) is 13.4. The maximum absolute atomic E-state index is 2.45. The molecule has 0 bridgehead atoms. The monoisotopic (exact) mass is 870 g/mol. The summed E-state index contributed by atoms with van der Waals surface area (Å²) in [7, 11) is 0. The van der Waals surface area contributed by atoms with Crippen LogP contribution < -0.4 is 0 Å². The zero-order valence-corrected chi connectivity index (χ0v) is 37.4. The lowest BCUT2D eigenvalue weighted by Crippen LogP contribution is -2.02. The molecule has 0 fully saturated rings. The van der Waals surface area contributed by atoms with E-state index in [0.29, 0.717) is 0 Å². The first-order valence-electron chi connectivity index (χ1n) is 22.9. The minimum Gasteiger partial charge on any atom is -0.309 e. The Morgan fingerprint density at radius 2 is 0.597 bits per heavy atom. The minimum absolute atomic E-state index is 1.11. The Balaban J connectivity index is 1.15. The van der Waals surface area contributed by atoms with E-state index in [4.69, 9.17) is 0 Å². The molecule has 13 aromatic rings. The van der Waals surface area contributed by atoms with Gasteiger partial charge in [-0.3, -0.25) is 0 Å². The Morgan fingerprint density at radius 1 is 0.224 bits per heavy atom. The van der Waals surface area contributed by atoms with E-state index in [9.17, 15) is 0 Å². The second-order valence-corrected chi connectivity index (χ2v) is 18.3. The van der Waals surface area contributed by atoms with Gasteiger partial charge in [0.25, 0.3) is 0 Å². The first kappa shape index (κ1) is 38.9. The maximum Gasteiger partial charge on any atom is 0.0535 e. The van der Waals surface area contributed by atoms with E-state index < -0.39 is 0 Å². The number of nitrogens with zero attached hydrogens (tertiary/aromatic N) is 2. The van der Waals surface area contributed by atoms with Crippen LogP contribution in [0.3, 0.4) is 0 Å². The molecular weight excluding hydrogens is 829 g/mol. The van der Waals surface area contributed by atoms with Crippen molar-refractivity contribution in [3.63, 3.8) is 0 Å². The molecule has 0 saturated heterocycles. The SMILES string of the molecule is c1ccc(-c2c3ccc(-n4c(-c5ccccc5)ccc4-c4ccccc4)cc3c(-c3ccc4sc5ccccc5c4c3)c3ccc(-n4c(-c5ccccc5)ccc4-c4ccccc4)cc23)cc1. The molecule has 0 aliphatic rings. The summed E-state index contributed by atoms with van der Waals surface area (Å²) < 4.78 is 7.49. The number of hydrogen-bond donors (Lipinski definition) is 0. The zero-order chi connectivity index (χ0) is 44.3. The van der Waals surface area contributed by atoms with Gasteiger partial charge in [-0.2, -0.15) is 0 Å². The summed E-state index contributed by atoms with van der Waals surface area (Å²) in [5.74, 6) is 0.